The van der Waals surface area contributed by atoms with Gasteiger partial charge in [-0.25, -0.2) is 14.0 Å². The van der Waals surface area contributed by atoms with E-state index in [1.54, 1.807) is 0 Å². The first-order chi connectivity index (χ1) is 8.52. The summed E-state index contributed by atoms with van der Waals surface area (Å²) in [4.78, 5) is 23.4. The first-order valence-corrected chi connectivity index (χ1v) is 5.24. The number of cyclic esters (lactones) is 1. The molecule has 1 saturated heterocycles. The van der Waals surface area contributed by atoms with Gasteiger partial charge in [0.15, 0.2) is 0 Å². The molecule has 1 aromatic rings. The fraction of sp³-hybridized carbons (Fsp3) is 0.273. The first-order valence-electron chi connectivity index (χ1n) is 5.24. The van der Waals surface area contributed by atoms with Gasteiger partial charge in [0, 0.05) is 6.54 Å². The Labute approximate surface area is 102 Å². The molecule has 18 heavy (non-hydrogen) atoms. The second-order valence-electron chi connectivity index (χ2n) is 3.82. The Balaban J connectivity index is 2.27. The van der Waals surface area contributed by atoms with Crippen molar-refractivity contribution in [1.82, 2.24) is 0 Å². The Hall–Kier alpha value is -2.15. The molecular weight excluding hydrogens is 243 g/mol. The lowest BCUT2D eigenvalue weighted by Gasteiger charge is -2.13. The zero-order valence-corrected chi connectivity index (χ0v) is 9.30. The molecule has 1 aliphatic heterocycles. The van der Waals surface area contributed by atoms with Gasteiger partial charge >= 0.3 is 12.1 Å². The van der Waals surface area contributed by atoms with Gasteiger partial charge in [-0.05, 0) is 18.2 Å². The SMILES string of the molecule is NCC1CN(c2ccc(C(=O)O)c(F)c2)C(=O)O1. The minimum Gasteiger partial charge on any atom is -0.478 e. The first kappa shape index (κ1) is 12.3. The second kappa shape index (κ2) is 4.61. The fourth-order valence-electron chi connectivity index (χ4n) is 1.70. The van der Waals surface area contributed by atoms with Crippen LogP contribution >= 0.6 is 0 Å². The minimum absolute atomic E-state index is 0.179. The number of benzene rings is 1. The van der Waals surface area contributed by atoms with E-state index in [4.69, 9.17) is 15.6 Å². The highest BCUT2D eigenvalue weighted by Crippen LogP contribution is 2.23. The molecule has 3 N–H and O–H groups in total. The maximum absolute atomic E-state index is 13.5. The van der Waals surface area contributed by atoms with Crippen LogP contribution in [0.15, 0.2) is 18.2 Å². The van der Waals surface area contributed by atoms with Crippen molar-refractivity contribution in [2.45, 2.75) is 6.10 Å². The summed E-state index contributed by atoms with van der Waals surface area (Å²) < 4.78 is 18.4. The highest BCUT2D eigenvalue weighted by atomic mass is 19.1. The highest BCUT2D eigenvalue weighted by Gasteiger charge is 2.31. The number of amides is 1. The third kappa shape index (κ3) is 2.12. The number of halogens is 1. The van der Waals surface area contributed by atoms with E-state index in [9.17, 15) is 14.0 Å². The second-order valence-corrected chi connectivity index (χ2v) is 3.82. The lowest BCUT2D eigenvalue weighted by Crippen LogP contribution is -2.27. The fourth-order valence-corrected chi connectivity index (χ4v) is 1.70. The molecule has 0 aliphatic carbocycles. The molecule has 6 nitrogen and oxygen atoms in total. The Morgan fingerprint density at radius 1 is 1.61 bits per heavy atom. The van der Waals surface area contributed by atoms with Crippen molar-refractivity contribution >= 4 is 17.7 Å². The number of aromatic carboxylic acids is 1. The van der Waals surface area contributed by atoms with E-state index in [1.807, 2.05) is 0 Å². The predicted molar refractivity (Wildman–Crippen MR) is 60.0 cm³/mol. The summed E-state index contributed by atoms with van der Waals surface area (Å²) in [5.74, 6) is -2.26. The molecule has 0 bridgehead atoms. The quantitative estimate of drug-likeness (QED) is 0.832. The van der Waals surface area contributed by atoms with Crippen molar-refractivity contribution in [3.63, 3.8) is 0 Å². The van der Waals surface area contributed by atoms with Crippen molar-refractivity contribution in [2.75, 3.05) is 18.0 Å². The van der Waals surface area contributed by atoms with Crippen molar-refractivity contribution in [3.8, 4) is 0 Å². The van der Waals surface area contributed by atoms with Gasteiger partial charge in [0.1, 0.15) is 11.9 Å². The lowest BCUT2D eigenvalue weighted by atomic mass is 10.2. The van der Waals surface area contributed by atoms with Crippen LogP contribution in [0.1, 0.15) is 10.4 Å². The van der Waals surface area contributed by atoms with Gasteiger partial charge in [0.2, 0.25) is 0 Å². The van der Waals surface area contributed by atoms with Crippen LogP contribution in [-0.2, 0) is 4.74 Å². The Bertz CT molecular complexity index is 506. The van der Waals surface area contributed by atoms with E-state index >= 15 is 0 Å². The number of nitrogens with zero attached hydrogens (tertiary/aromatic N) is 1. The van der Waals surface area contributed by atoms with Crippen LogP contribution in [0.2, 0.25) is 0 Å². The van der Waals surface area contributed by atoms with Gasteiger partial charge in [-0.2, -0.15) is 0 Å². The van der Waals surface area contributed by atoms with Gasteiger partial charge < -0.3 is 15.6 Å². The van der Waals surface area contributed by atoms with E-state index in [0.29, 0.717) is 0 Å². The van der Waals surface area contributed by atoms with Crippen LogP contribution in [0.4, 0.5) is 14.9 Å². The zero-order valence-electron chi connectivity index (χ0n) is 9.30. The largest absolute Gasteiger partial charge is 0.478 e. The Morgan fingerprint density at radius 2 is 2.33 bits per heavy atom. The molecule has 1 unspecified atom stereocenters. The number of ether oxygens (including phenoxy) is 1. The number of nitrogens with two attached hydrogens (primary N) is 1. The molecule has 96 valence electrons. The number of carbonyl (C=O) groups excluding carboxylic acids is 1. The maximum Gasteiger partial charge on any atom is 0.414 e. The van der Waals surface area contributed by atoms with Gasteiger partial charge in [-0.15, -0.1) is 0 Å². The zero-order chi connectivity index (χ0) is 13.3. The molecule has 1 aliphatic rings. The van der Waals surface area contributed by atoms with Gasteiger partial charge in [0.05, 0.1) is 17.8 Å². The summed E-state index contributed by atoms with van der Waals surface area (Å²) in [5.41, 5.74) is 5.18. The molecule has 2 rings (SSSR count). The number of hydrogen-bond acceptors (Lipinski definition) is 4. The molecule has 7 heteroatoms. The van der Waals surface area contributed by atoms with Crippen molar-refractivity contribution in [3.05, 3.63) is 29.6 Å². The summed E-state index contributed by atoms with van der Waals surface area (Å²) >= 11 is 0. The number of anilines is 1. The van der Waals surface area contributed by atoms with Crippen LogP contribution in [0.25, 0.3) is 0 Å². The van der Waals surface area contributed by atoms with Crippen LogP contribution in [-0.4, -0.2) is 36.4 Å². The van der Waals surface area contributed by atoms with E-state index in [-0.39, 0.29) is 18.8 Å². The van der Waals surface area contributed by atoms with Crippen molar-refractivity contribution in [1.29, 1.82) is 0 Å². The molecule has 0 radical (unpaired) electrons. The Morgan fingerprint density at radius 3 is 2.83 bits per heavy atom. The average molecular weight is 254 g/mol. The minimum atomic E-state index is -1.36. The normalized spacial score (nSPS) is 18.9. The molecule has 1 aromatic carbocycles. The molecule has 1 amide bonds. The van der Waals surface area contributed by atoms with E-state index < -0.39 is 29.5 Å². The number of carboxylic acid groups (broad SMARTS) is 1. The van der Waals surface area contributed by atoms with Crippen LogP contribution in [0.5, 0.6) is 0 Å². The van der Waals surface area contributed by atoms with E-state index in [1.165, 1.54) is 11.0 Å². The van der Waals surface area contributed by atoms with Gasteiger partial charge in [-0.1, -0.05) is 0 Å². The smallest absolute Gasteiger partial charge is 0.414 e. The molecule has 1 heterocycles. The monoisotopic (exact) mass is 254 g/mol. The van der Waals surface area contributed by atoms with Crippen LogP contribution in [0.3, 0.4) is 0 Å². The number of rotatable bonds is 3. The molecule has 1 fully saturated rings. The number of carboxylic acids is 1. The van der Waals surface area contributed by atoms with Crippen molar-refractivity contribution < 1.29 is 23.8 Å². The topological polar surface area (TPSA) is 92.9 Å². The van der Waals surface area contributed by atoms with Crippen molar-refractivity contribution in [2.24, 2.45) is 5.73 Å². The lowest BCUT2D eigenvalue weighted by molar-refractivity contribution is 0.0692. The average Bonchev–Trinajstić information content (AvgIpc) is 2.70. The van der Waals surface area contributed by atoms with E-state index in [2.05, 4.69) is 0 Å². The molecular formula is C11H11FN2O4. The summed E-state index contributed by atoms with van der Waals surface area (Å²) in [6.45, 7) is 0.402. The van der Waals surface area contributed by atoms with Crippen LogP contribution < -0.4 is 10.6 Å². The maximum atomic E-state index is 13.5. The summed E-state index contributed by atoms with van der Waals surface area (Å²) in [7, 11) is 0. The van der Waals surface area contributed by atoms with Crippen LogP contribution in [0, 0.1) is 5.82 Å². The highest BCUT2D eigenvalue weighted by molar-refractivity contribution is 5.92. The number of carbonyl (C=O) groups is 2. The van der Waals surface area contributed by atoms with Gasteiger partial charge in [0.25, 0.3) is 0 Å². The Kier molecular flexibility index (Phi) is 3.15. The number of hydrogen-bond donors (Lipinski definition) is 2. The third-order valence-electron chi connectivity index (χ3n) is 2.63. The summed E-state index contributed by atoms with van der Waals surface area (Å²) in [5, 5.41) is 8.69. The third-order valence-corrected chi connectivity index (χ3v) is 2.63. The van der Waals surface area contributed by atoms with Gasteiger partial charge in [-0.3, -0.25) is 4.90 Å². The standard InChI is InChI=1S/C11H11FN2O4/c12-9-3-6(1-2-8(9)10(15)16)14-5-7(4-13)18-11(14)17/h1-3,7H,4-5,13H2,(H,15,16). The molecule has 0 spiro atoms. The predicted octanol–water partition coefficient (Wildman–Crippen LogP) is 0.808. The summed E-state index contributed by atoms with van der Waals surface area (Å²) in [6.07, 6.45) is -1.05. The molecule has 1 atom stereocenters. The van der Waals surface area contributed by atoms with E-state index in [0.717, 1.165) is 12.1 Å². The molecule has 0 saturated carbocycles. The molecule has 0 aromatic heterocycles. The summed E-state index contributed by atoms with van der Waals surface area (Å²) in [6, 6.07) is 3.45.